The van der Waals surface area contributed by atoms with Gasteiger partial charge in [0.2, 0.25) is 11.6 Å². The van der Waals surface area contributed by atoms with Crippen LogP contribution < -0.4 is 0 Å². The predicted octanol–water partition coefficient (Wildman–Crippen LogP) is 0.705. The van der Waals surface area contributed by atoms with Gasteiger partial charge < -0.3 is 0 Å². The zero-order valence-corrected chi connectivity index (χ0v) is 6.64. The van der Waals surface area contributed by atoms with Crippen LogP contribution >= 0.6 is 0 Å². The Morgan fingerprint density at radius 1 is 0.833 bits per heavy atom. The molecule has 0 aliphatic heterocycles. The molecule has 0 aromatic heterocycles. The number of hydrogen-bond acceptors (Lipinski definition) is 2. The number of carbonyl (C=O) groups is 2. The van der Waals surface area contributed by atoms with Crippen LogP contribution in [0.15, 0.2) is 0 Å². The topological polar surface area (TPSA) is 34.1 Å². The molecule has 0 unspecified atom stereocenters. The molecule has 0 N–H and O–H groups in total. The standard InChI is InChI=1S/C10H8O2/c11-9-5-1-2-6-10(12)8-4-3-7-9/h1,4-5,8H2. The summed E-state index contributed by atoms with van der Waals surface area (Å²) in [7, 11) is 0. The van der Waals surface area contributed by atoms with Gasteiger partial charge in [0.1, 0.15) is 0 Å². The van der Waals surface area contributed by atoms with E-state index in [1.54, 1.807) is 0 Å². The smallest absolute Gasteiger partial charge is 0.206 e. The van der Waals surface area contributed by atoms with Crippen molar-refractivity contribution in [2.75, 3.05) is 0 Å². The number of hydrogen-bond donors (Lipinski definition) is 0. The zero-order valence-electron chi connectivity index (χ0n) is 6.64. The molecule has 0 radical (unpaired) electrons. The molecule has 2 nitrogen and oxygen atoms in total. The van der Waals surface area contributed by atoms with Crippen molar-refractivity contribution in [3.05, 3.63) is 0 Å². The van der Waals surface area contributed by atoms with Gasteiger partial charge in [-0.1, -0.05) is 11.8 Å². The molecule has 1 aliphatic carbocycles. The van der Waals surface area contributed by atoms with Gasteiger partial charge in [-0.05, 0) is 11.8 Å². The van der Waals surface area contributed by atoms with Crippen LogP contribution in [0.5, 0.6) is 0 Å². The minimum absolute atomic E-state index is 0.0846. The predicted molar refractivity (Wildman–Crippen MR) is 44.0 cm³/mol. The van der Waals surface area contributed by atoms with E-state index in [4.69, 9.17) is 0 Å². The van der Waals surface area contributed by atoms with Gasteiger partial charge in [-0.25, -0.2) is 0 Å². The maximum atomic E-state index is 10.9. The van der Waals surface area contributed by atoms with E-state index in [0.717, 1.165) is 0 Å². The maximum Gasteiger partial charge on any atom is 0.206 e. The molecule has 12 heavy (non-hydrogen) atoms. The molecular formula is C10H8O2. The van der Waals surface area contributed by atoms with Gasteiger partial charge in [0.25, 0.3) is 0 Å². The molecule has 60 valence electrons. The SMILES string of the molecule is O=C1C#CCCC(=O)C#CCC1. The monoisotopic (exact) mass is 160 g/mol. The highest BCUT2D eigenvalue weighted by atomic mass is 16.1. The lowest BCUT2D eigenvalue weighted by Crippen LogP contribution is -1.96. The average Bonchev–Trinajstić information content (AvgIpc) is 2.06. The third-order valence-corrected chi connectivity index (χ3v) is 1.41. The minimum atomic E-state index is -0.0846. The Balaban J connectivity index is 2.63. The second-order valence-electron chi connectivity index (χ2n) is 2.45. The number of rotatable bonds is 0. The summed E-state index contributed by atoms with van der Waals surface area (Å²) in [5, 5.41) is 0. The van der Waals surface area contributed by atoms with Gasteiger partial charge in [0.15, 0.2) is 0 Å². The van der Waals surface area contributed by atoms with Crippen LogP contribution in [0.4, 0.5) is 0 Å². The van der Waals surface area contributed by atoms with E-state index < -0.39 is 0 Å². The van der Waals surface area contributed by atoms with Gasteiger partial charge in [-0.2, -0.15) is 0 Å². The van der Waals surface area contributed by atoms with Crippen molar-refractivity contribution in [2.24, 2.45) is 0 Å². The molecule has 0 saturated carbocycles. The van der Waals surface area contributed by atoms with Crippen LogP contribution in [0.3, 0.4) is 0 Å². The summed E-state index contributed by atoms with van der Waals surface area (Å²) in [4.78, 5) is 21.7. The van der Waals surface area contributed by atoms with Gasteiger partial charge in [0, 0.05) is 25.7 Å². The van der Waals surface area contributed by atoms with E-state index in [0.29, 0.717) is 25.7 Å². The van der Waals surface area contributed by atoms with E-state index in [2.05, 4.69) is 23.7 Å². The second-order valence-corrected chi connectivity index (χ2v) is 2.45. The Bertz CT molecular complexity index is 283. The molecule has 0 heterocycles. The lowest BCUT2D eigenvalue weighted by atomic mass is 10.1. The molecule has 1 aliphatic rings. The highest BCUT2D eigenvalue weighted by molar-refractivity contribution is 5.97. The van der Waals surface area contributed by atoms with Crippen LogP contribution in [0.25, 0.3) is 0 Å². The van der Waals surface area contributed by atoms with E-state index in [9.17, 15) is 9.59 Å². The van der Waals surface area contributed by atoms with Crippen LogP contribution in [0.2, 0.25) is 0 Å². The second kappa shape index (κ2) is 4.36. The molecule has 0 saturated heterocycles. The first kappa shape index (κ1) is 8.56. The highest BCUT2D eigenvalue weighted by Crippen LogP contribution is 1.93. The number of ketones is 2. The molecule has 0 atom stereocenters. The first-order valence-electron chi connectivity index (χ1n) is 3.82. The molecular weight excluding hydrogens is 152 g/mol. The average molecular weight is 160 g/mol. The molecule has 0 aromatic carbocycles. The van der Waals surface area contributed by atoms with Crippen molar-refractivity contribution in [3.8, 4) is 23.7 Å². The molecule has 0 aromatic rings. The van der Waals surface area contributed by atoms with Crippen molar-refractivity contribution in [1.29, 1.82) is 0 Å². The van der Waals surface area contributed by atoms with Gasteiger partial charge in [0.05, 0.1) is 0 Å². The fourth-order valence-electron chi connectivity index (χ4n) is 0.799. The maximum absolute atomic E-state index is 10.9. The molecule has 2 heteroatoms. The summed E-state index contributed by atoms with van der Waals surface area (Å²) < 4.78 is 0. The Labute approximate surface area is 71.3 Å². The summed E-state index contributed by atoms with van der Waals surface area (Å²) >= 11 is 0. The van der Waals surface area contributed by atoms with Crippen molar-refractivity contribution in [1.82, 2.24) is 0 Å². The third-order valence-electron chi connectivity index (χ3n) is 1.41. The van der Waals surface area contributed by atoms with Gasteiger partial charge in [-0.15, -0.1) is 0 Å². The third kappa shape index (κ3) is 3.03. The lowest BCUT2D eigenvalue weighted by molar-refractivity contribution is -0.114. The molecule has 0 bridgehead atoms. The van der Waals surface area contributed by atoms with Crippen LogP contribution in [0.1, 0.15) is 25.7 Å². The number of Topliss-reactive ketones (excluding diaryl/α,β-unsaturated/α-hetero) is 2. The summed E-state index contributed by atoms with van der Waals surface area (Å²) in [6.45, 7) is 0. The van der Waals surface area contributed by atoms with Crippen molar-refractivity contribution < 1.29 is 9.59 Å². The fraction of sp³-hybridized carbons (Fsp3) is 0.400. The summed E-state index contributed by atoms with van der Waals surface area (Å²) in [6, 6.07) is 0. The molecule has 0 fully saturated rings. The minimum Gasteiger partial charge on any atom is -0.285 e. The Morgan fingerprint density at radius 2 is 1.25 bits per heavy atom. The molecule has 0 spiro atoms. The fourth-order valence-corrected chi connectivity index (χ4v) is 0.799. The first-order valence-corrected chi connectivity index (χ1v) is 3.82. The Morgan fingerprint density at radius 3 is 1.67 bits per heavy atom. The van der Waals surface area contributed by atoms with Crippen molar-refractivity contribution >= 4 is 11.6 Å². The summed E-state index contributed by atoms with van der Waals surface area (Å²) in [6.07, 6.45) is 1.57. The zero-order chi connectivity index (χ0) is 8.81. The number of carbonyl (C=O) groups excluding carboxylic acids is 2. The van der Waals surface area contributed by atoms with E-state index >= 15 is 0 Å². The van der Waals surface area contributed by atoms with Crippen LogP contribution in [-0.2, 0) is 9.59 Å². The van der Waals surface area contributed by atoms with E-state index in [-0.39, 0.29) is 11.6 Å². The summed E-state index contributed by atoms with van der Waals surface area (Å²) in [5.41, 5.74) is 0. The first-order chi connectivity index (χ1) is 5.79. The van der Waals surface area contributed by atoms with E-state index in [1.807, 2.05) is 0 Å². The Hall–Kier alpha value is -1.54. The normalized spacial score (nSPS) is 17.0. The Kier molecular flexibility index (Phi) is 3.11. The largest absolute Gasteiger partial charge is 0.285 e. The summed E-state index contributed by atoms with van der Waals surface area (Å²) in [5.74, 6) is 10.1. The van der Waals surface area contributed by atoms with E-state index in [1.165, 1.54) is 0 Å². The van der Waals surface area contributed by atoms with Gasteiger partial charge >= 0.3 is 0 Å². The van der Waals surface area contributed by atoms with Crippen LogP contribution in [-0.4, -0.2) is 11.6 Å². The van der Waals surface area contributed by atoms with Crippen molar-refractivity contribution in [2.45, 2.75) is 25.7 Å². The van der Waals surface area contributed by atoms with Gasteiger partial charge in [-0.3, -0.25) is 9.59 Å². The highest BCUT2D eigenvalue weighted by Gasteiger charge is 1.98. The lowest BCUT2D eigenvalue weighted by Gasteiger charge is -1.89. The van der Waals surface area contributed by atoms with Crippen LogP contribution in [0, 0.1) is 23.7 Å². The molecule has 0 amide bonds. The quantitative estimate of drug-likeness (QED) is 0.386. The molecule has 1 rings (SSSR count). The van der Waals surface area contributed by atoms with Crippen molar-refractivity contribution in [3.63, 3.8) is 0 Å².